The van der Waals surface area contributed by atoms with E-state index in [1.807, 2.05) is 50.1 Å². The van der Waals surface area contributed by atoms with Crippen LogP contribution in [0.3, 0.4) is 0 Å². The second-order valence-electron chi connectivity index (χ2n) is 13.5. The van der Waals surface area contributed by atoms with Crippen LogP contribution in [0.1, 0.15) is 62.0 Å². The third-order valence-electron chi connectivity index (χ3n) is 9.06. The number of nitrogens with zero attached hydrogens (tertiary/aromatic N) is 5. The van der Waals surface area contributed by atoms with Crippen molar-refractivity contribution in [1.82, 2.24) is 29.6 Å². The first-order valence-electron chi connectivity index (χ1n) is 15.7. The standard InChI is InChI=1S/C34H42BrClN6O2/c1-34(2,3)38-33(44)42-16-15-40(22-29(42)32(43)41-14-6-7-23(21-41)20-39-12-4-5-13-39)31-28-11-10-27(36)18-24(28)8-9-25-17-26(35)19-37-30(25)31/h4-5,10-13,17-19,23,29,31H,6-9,14-16,20-22H2,1-3H3,(H,38,44)/t23-,29+,31+/m0/s1. The number of likely N-dealkylation sites (tertiary alicyclic amines) is 1. The molecule has 1 aliphatic carbocycles. The maximum Gasteiger partial charge on any atom is 0.318 e. The number of halogens is 2. The molecule has 0 radical (unpaired) electrons. The average molecular weight is 682 g/mol. The lowest BCUT2D eigenvalue weighted by Gasteiger charge is -2.46. The highest BCUT2D eigenvalue weighted by Crippen LogP contribution is 2.39. The number of aromatic nitrogens is 2. The lowest BCUT2D eigenvalue weighted by atomic mass is 9.94. The molecule has 0 unspecified atom stereocenters. The largest absolute Gasteiger partial charge is 0.354 e. The molecule has 6 rings (SSSR count). The number of rotatable bonds is 4. The van der Waals surface area contributed by atoms with Crippen LogP contribution in [0.2, 0.25) is 5.02 Å². The summed E-state index contributed by atoms with van der Waals surface area (Å²) in [5.41, 5.74) is 4.17. The van der Waals surface area contributed by atoms with E-state index in [1.165, 1.54) is 16.7 Å². The van der Waals surface area contributed by atoms with Crippen LogP contribution in [0.15, 0.2) is 59.5 Å². The number of carbonyl (C=O) groups is 2. The van der Waals surface area contributed by atoms with E-state index in [4.69, 9.17) is 16.6 Å². The van der Waals surface area contributed by atoms with Crippen LogP contribution in [0.25, 0.3) is 0 Å². The fourth-order valence-electron chi connectivity index (χ4n) is 7.08. The highest BCUT2D eigenvalue weighted by molar-refractivity contribution is 9.10. The molecule has 0 saturated carbocycles. The second kappa shape index (κ2) is 12.9. The summed E-state index contributed by atoms with van der Waals surface area (Å²) in [6.07, 6.45) is 9.81. The van der Waals surface area contributed by atoms with Crippen molar-refractivity contribution in [2.75, 3.05) is 32.7 Å². The topological polar surface area (TPSA) is 73.7 Å². The minimum absolute atomic E-state index is 0.0323. The Morgan fingerprint density at radius 1 is 1.05 bits per heavy atom. The Hall–Kier alpha value is -2.88. The van der Waals surface area contributed by atoms with Gasteiger partial charge in [0.25, 0.3) is 0 Å². The van der Waals surface area contributed by atoms with Crippen LogP contribution in [-0.4, -0.2) is 80.5 Å². The van der Waals surface area contributed by atoms with Crippen molar-refractivity contribution in [1.29, 1.82) is 0 Å². The van der Waals surface area contributed by atoms with Gasteiger partial charge in [-0.3, -0.25) is 14.7 Å². The molecule has 44 heavy (non-hydrogen) atoms. The van der Waals surface area contributed by atoms with Gasteiger partial charge >= 0.3 is 6.03 Å². The lowest BCUT2D eigenvalue weighted by Crippen LogP contribution is -2.65. The Morgan fingerprint density at radius 2 is 1.82 bits per heavy atom. The number of hydrogen-bond donors (Lipinski definition) is 1. The maximum absolute atomic E-state index is 14.5. The van der Waals surface area contributed by atoms with Crippen molar-refractivity contribution in [2.45, 2.75) is 70.6 Å². The van der Waals surface area contributed by atoms with Crippen molar-refractivity contribution in [3.05, 3.63) is 86.9 Å². The van der Waals surface area contributed by atoms with Gasteiger partial charge in [0, 0.05) is 72.9 Å². The molecule has 0 bridgehead atoms. The zero-order chi connectivity index (χ0) is 31.0. The number of pyridine rings is 1. The molecule has 3 atom stereocenters. The van der Waals surface area contributed by atoms with E-state index < -0.39 is 11.6 Å². The number of carbonyl (C=O) groups excluding carboxylic acids is 2. The van der Waals surface area contributed by atoms with Gasteiger partial charge in [-0.15, -0.1) is 0 Å². The highest BCUT2D eigenvalue weighted by atomic mass is 79.9. The maximum atomic E-state index is 14.5. The molecule has 2 fully saturated rings. The lowest BCUT2D eigenvalue weighted by molar-refractivity contribution is -0.140. The quantitative estimate of drug-likeness (QED) is 0.371. The van der Waals surface area contributed by atoms with E-state index in [0.29, 0.717) is 32.1 Å². The van der Waals surface area contributed by atoms with Crippen molar-refractivity contribution in [2.24, 2.45) is 5.92 Å². The number of aryl methyl sites for hydroxylation is 2. The summed E-state index contributed by atoms with van der Waals surface area (Å²) >= 11 is 10.1. The van der Waals surface area contributed by atoms with Gasteiger partial charge in [-0.1, -0.05) is 17.7 Å². The predicted octanol–water partition coefficient (Wildman–Crippen LogP) is 5.92. The van der Waals surface area contributed by atoms with Gasteiger partial charge in [-0.25, -0.2) is 4.79 Å². The van der Waals surface area contributed by atoms with E-state index in [9.17, 15) is 9.59 Å². The van der Waals surface area contributed by atoms with Crippen LogP contribution in [0.5, 0.6) is 0 Å². The van der Waals surface area contributed by atoms with Crippen LogP contribution in [0, 0.1) is 5.92 Å². The number of urea groups is 1. The Morgan fingerprint density at radius 3 is 2.59 bits per heavy atom. The second-order valence-corrected chi connectivity index (χ2v) is 14.9. The number of amides is 3. The van der Waals surface area contributed by atoms with E-state index in [2.05, 4.69) is 61.3 Å². The van der Waals surface area contributed by atoms with Crippen molar-refractivity contribution in [3.8, 4) is 0 Å². The SMILES string of the molecule is CC(C)(C)NC(=O)N1CCN([C@@H]2c3ccc(Cl)cc3CCc3cc(Br)cnc32)C[C@@H]1C(=O)N1CCC[C@@H](Cn2cccc2)C1. The van der Waals surface area contributed by atoms with Gasteiger partial charge in [0.2, 0.25) is 5.91 Å². The molecule has 8 nitrogen and oxygen atoms in total. The zero-order valence-corrected chi connectivity index (χ0v) is 28.1. The summed E-state index contributed by atoms with van der Waals surface area (Å²) < 4.78 is 3.15. The van der Waals surface area contributed by atoms with Gasteiger partial charge < -0.3 is 19.7 Å². The zero-order valence-electron chi connectivity index (χ0n) is 25.8. The summed E-state index contributed by atoms with van der Waals surface area (Å²) in [4.78, 5) is 39.3. The third-order valence-corrected chi connectivity index (χ3v) is 9.73. The molecule has 0 spiro atoms. The molecule has 2 aromatic heterocycles. The predicted molar refractivity (Wildman–Crippen MR) is 177 cm³/mol. The molecule has 2 saturated heterocycles. The summed E-state index contributed by atoms with van der Waals surface area (Å²) in [6, 6.07) is 11.5. The normalized spacial score (nSPS) is 22.6. The molecule has 3 aliphatic rings. The van der Waals surface area contributed by atoms with E-state index >= 15 is 0 Å². The number of fused-ring (bicyclic) bond motifs is 2. The molecule has 1 aromatic carbocycles. The van der Waals surface area contributed by atoms with E-state index in [1.54, 1.807) is 4.90 Å². The van der Waals surface area contributed by atoms with Gasteiger partial charge in [0.05, 0.1) is 11.7 Å². The van der Waals surface area contributed by atoms with Crippen LogP contribution < -0.4 is 5.32 Å². The Bertz CT molecular complexity index is 1450. The van der Waals surface area contributed by atoms with Crippen LogP contribution >= 0.6 is 27.5 Å². The molecule has 234 valence electrons. The summed E-state index contributed by atoms with van der Waals surface area (Å²) in [6.45, 7) is 9.74. The third kappa shape index (κ3) is 6.85. The minimum Gasteiger partial charge on any atom is -0.354 e. The molecule has 4 heterocycles. The highest BCUT2D eigenvalue weighted by Gasteiger charge is 2.43. The smallest absolute Gasteiger partial charge is 0.318 e. The van der Waals surface area contributed by atoms with Crippen molar-refractivity contribution >= 4 is 39.5 Å². The van der Waals surface area contributed by atoms with Crippen LogP contribution in [-0.2, 0) is 24.2 Å². The number of hydrogen-bond acceptors (Lipinski definition) is 4. The molecular formula is C34H42BrClN6O2. The average Bonchev–Trinajstić information content (AvgIpc) is 3.44. The van der Waals surface area contributed by atoms with Crippen molar-refractivity contribution < 1.29 is 9.59 Å². The fraction of sp³-hybridized carbons (Fsp3) is 0.500. The molecule has 3 aromatic rings. The van der Waals surface area contributed by atoms with E-state index in [0.717, 1.165) is 54.0 Å². The molecule has 3 amide bonds. The number of benzene rings is 1. The minimum atomic E-state index is -0.602. The first kappa shape index (κ1) is 31.1. The Labute approximate surface area is 273 Å². The molecular weight excluding hydrogens is 640 g/mol. The Kier molecular flexibility index (Phi) is 9.09. The monoisotopic (exact) mass is 680 g/mol. The van der Waals surface area contributed by atoms with Gasteiger partial charge in [-0.2, -0.15) is 0 Å². The number of piperazine rings is 1. The van der Waals surface area contributed by atoms with Gasteiger partial charge in [0.1, 0.15) is 6.04 Å². The van der Waals surface area contributed by atoms with Gasteiger partial charge in [-0.05, 0) is 115 Å². The van der Waals surface area contributed by atoms with Crippen LogP contribution in [0.4, 0.5) is 4.79 Å². The van der Waals surface area contributed by atoms with Crippen molar-refractivity contribution in [3.63, 3.8) is 0 Å². The van der Waals surface area contributed by atoms with Gasteiger partial charge in [0.15, 0.2) is 0 Å². The molecule has 1 N–H and O–H groups in total. The fourth-order valence-corrected chi connectivity index (χ4v) is 7.66. The number of nitrogens with one attached hydrogen (secondary N) is 1. The number of piperidine rings is 1. The Balaban J connectivity index is 1.32. The summed E-state index contributed by atoms with van der Waals surface area (Å²) in [7, 11) is 0. The molecule has 10 heteroatoms. The first-order chi connectivity index (χ1) is 21.1. The summed E-state index contributed by atoms with van der Waals surface area (Å²) in [5.74, 6) is 0.412. The first-order valence-corrected chi connectivity index (χ1v) is 16.9. The van der Waals surface area contributed by atoms with E-state index in [-0.39, 0.29) is 18.0 Å². The summed E-state index contributed by atoms with van der Waals surface area (Å²) in [5, 5.41) is 3.85. The molecule has 2 aliphatic heterocycles.